The molecule has 0 bridgehead atoms. The maximum absolute atomic E-state index is 13.2. The van der Waals surface area contributed by atoms with E-state index in [4.69, 9.17) is 0 Å². The molecule has 1 aliphatic heterocycles. The van der Waals surface area contributed by atoms with Crippen LogP contribution in [-0.2, 0) is 11.3 Å². The lowest BCUT2D eigenvalue weighted by Gasteiger charge is -2.31. The van der Waals surface area contributed by atoms with E-state index in [2.05, 4.69) is 17.0 Å². The van der Waals surface area contributed by atoms with Gasteiger partial charge >= 0.3 is 0 Å². The SMILES string of the molecule is Cc1nc2c(cnn2-c2ccc(F)cc2)c(=O)n1CCC(=O)N1CCCC(C)C1. The molecule has 3 heterocycles. The van der Waals surface area contributed by atoms with E-state index in [1.807, 2.05) is 4.90 Å². The van der Waals surface area contributed by atoms with Crippen LogP contribution in [0.15, 0.2) is 35.3 Å². The molecule has 152 valence electrons. The fourth-order valence-corrected chi connectivity index (χ4v) is 3.92. The molecule has 1 unspecified atom stereocenters. The standard InChI is InChI=1S/C21H24FN5O2/c1-14-4-3-10-25(13-14)19(28)9-11-26-15(2)24-20-18(21(26)29)12-23-27(20)17-7-5-16(22)6-8-17/h5-8,12,14H,3-4,9-11,13H2,1-2H3. The Morgan fingerprint density at radius 2 is 2.03 bits per heavy atom. The van der Waals surface area contributed by atoms with Crippen molar-refractivity contribution in [2.24, 2.45) is 5.92 Å². The lowest BCUT2D eigenvalue weighted by atomic mass is 10.00. The molecule has 0 radical (unpaired) electrons. The van der Waals surface area contributed by atoms with Gasteiger partial charge in [-0.15, -0.1) is 0 Å². The molecule has 1 saturated heterocycles. The highest BCUT2D eigenvalue weighted by Crippen LogP contribution is 2.17. The Morgan fingerprint density at radius 3 is 2.76 bits per heavy atom. The molecule has 1 atom stereocenters. The van der Waals surface area contributed by atoms with Crippen LogP contribution in [0.4, 0.5) is 4.39 Å². The Balaban J connectivity index is 1.59. The number of nitrogens with zero attached hydrogens (tertiary/aromatic N) is 5. The zero-order valence-electron chi connectivity index (χ0n) is 16.6. The second kappa shape index (κ2) is 7.77. The summed E-state index contributed by atoms with van der Waals surface area (Å²) in [4.78, 5) is 32.0. The van der Waals surface area contributed by atoms with Gasteiger partial charge in [0.15, 0.2) is 5.65 Å². The van der Waals surface area contributed by atoms with E-state index < -0.39 is 0 Å². The van der Waals surface area contributed by atoms with Crippen molar-refractivity contribution in [3.05, 3.63) is 52.5 Å². The van der Waals surface area contributed by atoms with Crippen molar-refractivity contribution >= 4 is 16.9 Å². The first-order valence-corrected chi connectivity index (χ1v) is 9.93. The number of fused-ring (bicyclic) bond motifs is 1. The first kappa shape index (κ1) is 19.3. The first-order valence-electron chi connectivity index (χ1n) is 9.93. The predicted octanol–water partition coefficient (Wildman–Crippen LogP) is 2.68. The second-order valence-electron chi connectivity index (χ2n) is 7.72. The summed E-state index contributed by atoms with van der Waals surface area (Å²) in [6.07, 6.45) is 3.92. The van der Waals surface area contributed by atoms with Crippen LogP contribution in [0.1, 0.15) is 32.0 Å². The summed E-state index contributed by atoms with van der Waals surface area (Å²) in [5, 5.41) is 4.63. The van der Waals surface area contributed by atoms with Crippen LogP contribution < -0.4 is 5.56 Å². The number of amides is 1. The lowest BCUT2D eigenvalue weighted by Crippen LogP contribution is -2.40. The van der Waals surface area contributed by atoms with Crippen molar-refractivity contribution in [2.45, 2.75) is 39.7 Å². The Hall–Kier alpha value is -3.03. The van der Waals surface area contributed by atoms with Crippen molar-refractivity contribution < 1.29 is 9.18 Å². The number of rotatable bonds is 4. The normalized spacial score (nSPS) is 17.1. The number of carbonyl (C=O) groups excluding carboxylic acids is 1. The Kier molecular flexibility index (Phi) is 5.17. The van der Waals surface area contributed by atoms with Gasteiger partial charge in [0.1, 0.15) is 17.0 Å². The van der Waals surface area contributed by atoms with Crippen molar-refractivity contribution in [1.29, 1.82) is 0 Å². The molecule has 1 amide bonds. The van der Waals surface area contributed by atoms with Gasteiger partial charge in [-0.3, -0.25) is 14.2 Å². The lowest BCUT2D eigenvalue weighted by molar-refractivity contribution is -0.133. The summed E-state index contributed by atoms with van der Waals surface area (Å²) in [5.41, 5.74) is 0.826. The second-order valence-corrected chi connectivity index (χ2v) is 7.72. The Bertz CT molecular complexity index is 1100. The summed E-state index contributed by atoms with van der Waals surface area (Å²) < 4.78 is 16.3. The van der Waals surface area contributed by atoms with Crippen LogP contribution in [0.25, 0.3) is 16.7 Å². The maximum Gasteiger partial charge on any atom is 0.264 e. The summed E-state index contributed by atoms with van der Waals surface area (Å²) in [6, 6.07) is 5.85. The van der Waals surface area contributed by atoms with E-state index in [-0.39, 0.29) is 23.7 Å². The van der Waals surface area contributed by atoms with Gasteiger partial charge < -0.3 is 4.90 Å². The van der Waals surface area contributed by atoms with E-state index >= 15 is 0 Å². The number of aromatic nitrogens is 4. The highest BCUT2D eigenvalue weighted by molar-refractivity contribution is 5.77. The maximum atomic E-state index is 13.2. The van der Waals surface area contributed by atoms with Crippen molar-refractivity contribution in [3.8, 4) is 5.69 Å². The number of hydrogen-bond acceptors (Lipinski definition) is 4. The fourth-order valence-electron chi connectivity index (χ4n) is 3.92. The average Bonchev–Trinajstić information content (AvgIpc) is 3.12. The van der Waals surface area contributed by atoms with Crippen LogP contribution in [0.3, 0.4) is 0 Å². The van der Waals surface area contributed by atoms with E-state index in [9.17, 15) is 14.0 Å². The first-order chi connectivity index (χ1) is 13.9. The molecule has 8 heteroatoms. The smallest absolute Gasteiger partial charge is 0.264 e. The minimum Gasteiger partial charge on any atom is -0.342 e. The molecule has 0 aliphatic carbocycles. The van der Waals surface area contributed by atoms with Gasteiger partial charge in [0, 0.05) is 26.1 Å². The molecule has 1 aliphatic rings. The topological polar surface area (TPSA) is 73.0 Å². The summed E-state index contributed by atoms with van der Waals surface area (Å²) in [5.74, 6) is 0.771. The van der Waals surface area contributed by atoms with Crippen LogP contribution in [0.2, 0.25) is 0 Å². The zero-order chi connectivity index (χ0) is 20.5. The van der Waals surface area contributed by atoms with Gasteiger partial charge in [-0.2, -0.15) is 5.10 Å². The number of likely N-dealkylation sites (tertiary alicyclic amines) is 1. The number of benzene rings is 1. The zero-order valence-corrected chi connectivity index (χ0v) is 16.6. The molecule has 1 aromatic carbocycles. The number of halogens is 1. The van der Waals surface area contributed by atoms with E-state index in [0.29, 0.717) is 35.0 Å². The molecule has 7 nitrogen and oxygen atoms in total. The fraction of sp³-hybridized carbons (Fsp3) is 0.429. The van der Waals surface area contributed by atoms with Crippen LogP contribution in [-0.4, -0.2) is 43.2 Å². The molecule has 1 fully saturated rings. The quantitative estimate of drug-likeness (QED) is 0.679. The van der Waals surface area contributed by atoms with Crippen molar-refractivity contribution in [3.63, 3.8) is 0 Å². The van der Waals surface area contributed by atoms with Gasteiger partial charge in [-0.1, -0.05) is 6.92 Å². The monoisotopic (exact) mass is 397 g/mol. The minimum absolute atomic E-state index is 0.0740. The molecule has 0 saturated carbocycles. The largest absolute Gasteiger partial charge is 0.342 e. The van der Waals surface area contributed by atoms with E-state index in [1.54, 1.807) is 19.1 Å². The molecule has 2 aromatic heterocycles. The molecular weight excluding hydrogens is 373 g/mol. The molecule has 0 spiro atoms. The van der Waals surface area contributed by atoms with Gasteiger partial charge in [0.05, 0.1) is 11.9 Å². The minimum atomic E-state index is -0.343. The summed E-state index contributed by atoms with van der Waals surface area (Å²) >= 11 is 0. The molecular formula is C21H24FN5O2. The van der Waals surface area contributed by atoms with Gasteiger partial charge in [-0.05, 0) is 49.9 Å². The Morgan fingerprint density at radius 1 is 1.28 bits per heavy atom. The number of aryl methyl sites for hydroxylation is 1. The number of piperidine rings is 1. The summed E-state index contributed by atoms with van der Waals surface area (Å²) in [6.45, 7) is 5.77. The third kappa shape index (κ3) is 3.79. The van der Waals surface area contributed by atoms with Gasteiger partial charge in [0.25, 0.3) is 5.56 Å². The van der Waals surface area contributed by atoms with E-state index in [0.717, 1.165) is 25.9 Å². The molecule has 29 heavy (non-hydrogen) atoms. The van der Waals surface area contributed by atoms with E-state index in [1.165, 1.54) is 27.6 Å². The molecule has 4 rings (SSSR count). The highest BCUT2D eigenvalue weighted by Gasteiger charge is 2.21. The third-order valence-electron chi connectivity index (χ3n) is 5.51. The molecule has 0 N–H and O–H groups in total. The van der Waals surface area contributed by atoms with Crippen molar-refractivity contribution in [1.82, 2.24) is 24.2 Å². The number of hydrogen-bond donors (Lipinski definition) is 0. The highest BCUT2D eigenvalue weighted by atomic mass is 19.1. The third-order valence-corrected chi connectivity index (χ3v) is 5.51. The van der Waals surface area contributed by atoms with Gasteiger partial charge in [-0.25, -0.2) is 14.1 Å². The van der Waals surface area contributed by atoms with Crippen LogP contribution in [0, 0.1) is 18.7 Å². The molecule has 3 aromatic rings. The average molecular weight is 397 g/mol. The Labute approximate surface area is 167 Å². The van der Waals surface area contributed by atoms with Crippen molar-refractivity contribution in [2.75, 3.05) is 13.1 Å². The number of carbonyl (C=O) groups is 1. The van der Waals surface area contributed by atoms with Crippen LogP contribution in [0.5, 0.6) is 0 Å². The predicted molar refractivity (Wildman–Crippen MR) is 107 cm³/mol. The summed E-state index contributed by atoms with van der Waals surface area (Å²) in [7, 11) is 0. The van der Waals surface area contributed by atoms with Gasteiger partial charge in [0.2, 0.25) is 5.91 Å². The van der Waals surface area contributed by atoms with Crippen LogP contribution >= 0.6 is 0 Å².